The fraction of sp³-hybridized carbons (Fsp3) is 0.636. The van der Waals surface area contributed by atoms with Crippen LogP contribution < -0.4 is 20.1 Å². The van der Waals surface area contributed by atoms with Gasteiger partial charge < -0.3 is 25.0 Å². The number of halogens is 1. The number of aliphatic imine (C=N–C) groups is 1. The molecule has 8 nitrogen and oxygen atoms in total. The molecule has 1 amide bonds. The molecule has 1 aliphatic rings. The van der Waals surface area contributed by atoms with Crippen molar-refractivity contribution in [2.45, 2.75) is 33.7 Å². The third-order valence-electron chi connectivity index (χ3n) is 5.18. The molecule has 2 N–H and O–H groups in total. The van der Waals surface area contributed by atoms with Crippen molar-refractivity contribution in [3.63, 3.8) is 0 Å². The quantitative estimate of drug-likeness (QED) is 0.281. The highest BCUT2D eigenvalue weighted by Crippen LogP contribution is 2.30. The number of benzene rings is 1. The van der Waals surface area contributed by atoms with E-state index in [1.807, 2.05) is 36.9 Å². The van der Waals surface area contributed by atoms with Crippen molar-refractivity contribution in [2.24, 2.45) is 4.99 Å². The molecule has 1 aliphatic heterocycles. The maximum absolute atomic E-state index is 11.4. The summed E-state index contributed by atoms with van der Waals surface area (Å²) in [6, 6.07) is 6.09. The van der Waals surface area contributed by atoms with E-state index in [1.165, 1.54) is 0 Å². The molecule has 1 fully saturated rings. The van der Waals surface area contributed by atoms with Crippen LogP contribution >= 0.6 is 24.0 Å². The monoisotopic (exact) mass is 547 g/mol. The highest BCUT2D eigenvalue weighted by Gasteiger charge is 2.18. The first-order chi connectivity index (χ1) is 14.5. The predicted octanol–water partition coefficient (Wildman–Crippen LogP) is 2.49. The number of carbonyl (C=O) groups excluding carboxylic acids is 1. The van der Waals surface area contributed by atoms with Crippen LogP contribution in [0.4, 0.5) is 0 Å². The number of ether oxygens (including phenoxy) is 2. The predicted molar refractivity (Wildman–Crippen MR) is 136 cm³/mol. The molecule has 0 aromatic heterocycles. The van der Waals surface area contributed by atoms with Gasteiger partial charge in [-0.3, -0.25) is 14.7 Å². The van der Waals surface area contributed by atoms with Gasteiger partial charge in [-0.25, -0.2) is 0 Å². The first-order valence-electron chi connectivity index (χ1n) is 10.8. The van der Waals surface area contributed by atoms with Crippen LogP contribution in [0.2, 0.25) is 0 Å². The van der Waals surface area contributed by atoms with E-state index in [0.29, 0.717) is 13.2 Å². The van der Waals surface area contributed by atoms with Crippen molar-refractivity contribution in [1.82, 2.24) is 20.4 Å². The molecule has 176 valence electrons. The van der Waals surface area contributed by atoms with Crippen molar-refractivity contribution in [3.05, 3.63) is 23.8 Å². The van der Waals surface area contributed by atoms with E-state index in [9.17, 15) is 4.79 Å². The van der Waals surface area contributed by atoms with Gasteiger partial charge in [-0.05, 0) is 38.5 Å². The Morgan fingerprint density at radius 3 is 2.35 bits per heavy atom. The molecule has 1 unspecified atom stereocenters. The minimum Gasteiger partial charge on any atom is -0.490 e. The molecule has 9 heteroatoms. The fourth-order valence-corrected chi connectivity index (χ4v) is 3.44. The number of hydrogen-bond donors (Lipinski definition) is 2. The Labute approximate surface area is 203 Å². The standard InChI is InChI=1S/C22H37N5O3.HI/c1-6-29-20-9-8-19(16-21(20)30-7-2)17(3)25-22(23-5)24-10-11-26-12-14-27(15-13-26)18(4)28;/h8-9,16-17H,6-7,10-15H2,1-5H3,(H2,23,24,25);1H. The van der Waals surface area contributed by atoms with Crippen molar-refractivity contribution >= 4 is 35.8 Å². The summed E-state index contributed by atoms with van der Waals surface area (Å²) in [5.41, 5.74) is 1.10. The van der Waals surface area contributed by atoms with Crippen LogP contribution in [-0.2, 0) is 4.79 Å². The molecule has 0 aliphatic carbocycles. The molecule has 0 radical (unpaired) electrons. The van der Waals surface area contributed by atoms with Crippen molar-refractivity contribution < 1.29 is 14.3 Å². The van der Waals surface area contributed by atoms with Gasteiger partial charge in [0.15, 0.2) is 17.5 Å². The molecule has 0 saturated carbocycles. The van der Waals surface area contributed by atoms with Crippen LogP contribution in [0.5, 0.6) is 11.5 Å². The van der Waals surface area contributed by atoms with Crippen LogP contribution in [0.3, 0.4) is 0 Å². The van der Waals surface area contributed by atoms with Gasteiger partial charge in [0, 0.05) is 53.2 Å². The van der Waals surface area contributed by atoms with Crippen LogP contribution in [0.25, 0.3) is 0 Å². The first-order valence-corrected chi connectivity index (χ1v) is 10.8. The summed E-state index contributed by atoms with van der Waals surface area (Å²) in [4.78, 5) is 20.0. The SMILES string of the molecule is CCOc1ccc(C(C)NC(=NC)NCCN2CCN(C(C)=O)CC2)cc1OCC.I. The molecular formula is C22H38IN5O3. The van der Waals surface area contributed by atoms with Crippen LogP contribution in [0.1, 0.15) is 39.3 Å². The zero-order valence-corrected chi connectivity index (χ0v) is 21.8. The van der Waals surface area contributed by atoms with Crippen molar-refractivity contribution in [2.75, 3.05) is 59.5 Å². The number of nitrogens with zero attached hydrogens (tertiary/aromatic N) is 3. The fourth-order valence-electron chi connectivity index (χ4n) is 3.44. The molecule has 0 spiro atoms. The van der Waals surface area contributed by atoms with Gasteiger partial charge in [-0.1, -0.05) is 6.07 Å². The summed E-state index contributed by atoms with van der Waals surface area (Å²) in [6.07, 6.45) is 0. The molecule has 1 aromatic rings. The van der Waals surface area contributed by atoms with Crippen molar-refractivity contribution in [3.8, 4) is 11.5 Å². The minimum atomic E-state index is 0. The molecule has 1 saturated heterocycles. The number of rotatable bonds is 9. The third kappa shape index (κ3) is 8.72. The molecule has 1 atom stereocenters. The van der Waals surface area contributed by atoms with E-state index in [4.69, 9.17) is 9.47 Å². The highest BCUT2D eigenvalue weighted by atomic mass is 127. The van der Waals surface area contributed by atoms with E-state index in [1.54, 1.807) is 14.0 Å². The Kier molecular flexibility index (Phi) is 12.6. The van der Waals surface area contributed by atoms with Gasteiger partial charge >= 0.3 is 0 Å². The average molecular weight is 547 g/mol. The van der Waals surface area contributed by atoms with Gasteiger partial charge in [-0.2, -0.15) is 0 Å². The summed E-state index contributed by atoms with van der Waals surface area (Å²) < 4.78 is 11.4. The second kappa shape index (κ2) is 14.3. The molecule has 1 heterocycles. The largest absolute Gasteiger partial charge is 0.490 e. The van der Waals surface area contributed by atoms with Crippen molar-refractivity contribution in [1.29, 1.82) is 0 Å². The molecular weight excluding hydrogens is 509 g/mol. The Hall–Kier alpha value is -1.75. The van der Waals surface area contributed by atoms with E-state index in [2.05, 4.69) is 27.4 Å². The zero-order chi connectivity index (χ0) is 21.9. The molecule has 0 bridgehead atoms. The number of carbonyl (C=O) groups is 1. The lowest BCUT2D eigenvalue weighted by atomic mass is 10.1. The lowest BCUT2D eigenvalue weighted by Crippen LogP contribution is -2.50. The summed E-state index contributed by atoms with van der Waals surface area (Å²) in [5, 5.41) is 6.82. The topological polar surface area (TPSA) is 78.4 Å². The highest BCUT2D eigenvalue weighted by molar-refractivity contribution is 14.0. The van der Waals surface area contributed by atoms with E-state index in [0.717, 1.165) is 62.3 Å². The van der Waals surface area contributed by atoms with Gasteiger partial charge in [0.2, 0.25) is 5.91 Å². The third-order valence-corrected chi connectivity index (χ3v) is 5.18. The number of nitrogens with one attached hydrogen (secondary N) is 2. The van der Waals surface area contributed by atoms with E-state index >= 15 is 0 Å². The van der Waals surface area contributed by atoms with E-state index < -0.39 is 0 Å². The lowest BCUT2D eigenvalue weighted by Gasteiger charge is -2.34. The zero-order valence-electron chi connectivity index (χ0n) is 19.4. The average Bonchev–Trinajstić information content (AvgIpc) is 2.74. The lowest BCUT2D eigenvalue weighted by molar-refractivity contribution is -0.130. The van der Waals surface area contributed by atoms with Crippen LogP contribution in [0, 0.1) is 0 Å². The minimum absolute atomic E-state index is 0. The van der Waals surface area contributed by atoms with Crippen LogP contribution in [-0.4, -0.2) is 81.2 Å². The number of piperazine rings is 1. The summed E-state index contributed by atoms with van der Waals surface area (Å²) >= 11 is 0. The van der Waals surface area contributed by atoms with E-state index in [-0.39, 0.29) is 35.9 Å². The Morgan fingerprint density at radius 1 is 1.13 bits per heavy atom. The normalized spacial score (nSPS) is 15.6. The van der Waals surface area contributed by atoms with Gasteiger partial charge in [0.05, 0.1) is 19.3 Å². The Morgan fingerprint density at radius 2 is 1.77 bits per heavy atom. The number of amides is 1. The maximum Gasteiger partial charge on any atom is 0.219 e. The summed E-state index contributed by atoms with van der Waals surface area (Å²) in [6.45, 7) is 14.0. The summed E-state index contributed by atoms with van der Waals surface area (Å²) in [5.74, 6) is 2.45. The number of guanidine groups is 1. The van der Waals surface area contributed by atoms with Crippen LogP contribution in [0.15, 0.2) is 23.2 Å². The maximum atomic E-state index is 11.4. The first kappa shape index (κ1) is 27.3. The Balaban J connectivity index is 0.00000480. The molecule has 2 rings (SSSR count). The van der Waals surface area contributed by atoms with Gasteiger partial charge in [-0.15, -0.1) is 24.0 Å². The smallest absolute Gasteiger partial charge is 0.219 e. The second-order valence-electron chi connectivity index (χ2n) is 7.28. The Bertz CT molecular complexity index is 708. The van der Waals surface area contributed by atoms with Gasteiger partial charge in [0.1, 0.15) is 0 Å². The summed E-state index contributed by atoms with van der Waals surface area (Å²) in [7, 11) is 1.78. The molecule has 31 heavy (non-hydrogen) atoms. The number of hydrogen-bond acceptors (Lipinski definition) is 5. The van der Waals surface area contributed by atoms with Gasteiger partial charge in [0.25, 0.3) is 0 Å². The second-order valence-corrected chi connectivity index (χ2v) is 7.28. The molecule has 1 aromatic carbocycles.